The summed E-state index contributed by atoms with van der Waals surface area (Å²) in [6, 6.07) is 4.87. The predicted octanol–water partition coefficient (Wildman–Crippen LogP) is 3.16. The number of carbonyl (C=O) groups excluding carboxylic acids is 1. The van der Waals surface area contributed by atoms with Crippen molar-refractivity contribution in [2.24, 2.45) is 0 Å². The summed E-state index contributed by atoms with van der Waals surface area (Å²) >= 11 is 0. The second-order valence-electron chi connectivity index (χ2n) is 5.01. The molecular formula is C15H25N3O2. The molecule has 0 atom stereocenters. The zero-order valence-electron chi connectivity index (χ0n) is 12.6. The van der Waals surface area contributed by atoms with Crippen LogP contribution in [0.15, 0.2) is 18.2 Å². The highest BCUT2D eigenvalue weighted by Crippen LogP contribution is 2.32. The normalized spacial score (nSPS) is 10.2. The van der Waals surface area contributed by atoms with Gasteiger partial charge >= 0.3 is 6.03 Å². The highest BCUT2D eigenvalue weighted by atomic mass is 16.3. The first-order chi connectivity index (χ1) is 9.56. The van der Waals surface area contributed by atoms with Gasteiger partial charge in [0.1, 0.15) is 11.4 Å². The van der Waals surface area contributed by atoms with Crippen LogP contribution in [0.4, 0.5) is 16.2 Å². The Morgan fingerprint density at radius 3 is 2.65 bits per heavy atom. The van der Waals surface area contributed by atoms with E-state index in [2.05, 4.69) is 17.6 Å². The van der Waals surface area contributed by atoms with Crippen LogP contribution in [-0.2, 0) is 0 Å². The Kier molecular flexibility index (Phi) is 6.70. The molecule has 5 heteroatoms. The maximum absolute atomic E-state index is 11.8. The van der Waals surface area contributed by atoms with E-state index in [1.54, 1.807) is 12.1 Å². The lowest BCUT2D eigenvalue weighted by molar-refractivity contribution is 0.251. The first kappa shape index (κ1) is 16.1. The average Bonchev–Trinajstić information content (AvgIpc) is 2.40. The fourth-order valence-electron chi connectivity index (χ4n) is 1.94. The fraction of sp³-hybridized carbons (Fsp3) is 0.533. The number of phenols is 1. The van der Waals surface area contributed by atoms with Crippen molar-refractivity contribution in [2.75, 3.05) is 30.9 Å². The summed E-state index contributed by atoms with van der Waals surface area (Å²) in [5, 5.41) is 15.4. The molecule has 3 N–H and O–H groups in total. The van der Waals surface area contributed by atoms with Crippen molar-refractivity contribution in [3.05, 3.63) is 18.2 Å². The minimum atomic E-state index is -0.286. The van der Waals surface area contributed by atoms with E-state index in [4.69, 9.17) is 0 Å². The molecule has 0 saturated carbocycles. The highest BCUT2D eigenvalue weighted by Gasteiger charge is 2.12. The second-order valence-corrected chi connectivity index (χ2v) is 5.01. The van der Waals surface area contributed by atoms with Crippen LogP contribution in [-0.4, -0.2) is 31.8 Å². The molecule has 0 saturated heterocycles. The average molecular weight is 279 g/mol. The monoisotopic (exact) mass is 279 g/mol. The molecule has 0 fully saturated rings. The summed E-state index contributed by atoms with van der Waals surface area (Å²) in [5.74, 6) is 0.0670. The van der Waals surface area contributed by atoms with Crippen molar-refractivity contribution in [3.63, 3.8) is 0 Å². The van der Waals surface area contributed by atoms with Gasteiger partial charge in [0.15, 0.2) is 0 Å². The topological polar surface area (TPSA) is 64.6 Å². The fourth-order valence-corrected chi connectivity index (χ4v) is 1.94. The number of hydrogen-bond acceptors (Lipinski definition) is 3. The van der Waals surface area contributed by atoms with E-state index in [0.717, 1.165) is 18.5 Å². The molecule has 1 rings (SSSR count). The summed E-state index contributed by atoms with van der Waals surface area (Å²) in [6.45, 7) is 2.80. The Morgan fingerprint density at radius 2 is 2.00 bits per heavy atom. The molecule has 5 nitrogen and oxygen atoms in total. The van der Waals surface area contributed by atoms with Gasteiger partial charge in [-0.05, 0) is 18.6 Å². The van der Waals surface area contributed by atoms with Gasteiger partial charge in [0, 0.05) is 20.6 Å². The highest BCUT2D eigenvalue weighted by molar-refractivity contribution is 5.95. The number of urea groups is 1. The number of aromatic hydroxyl groups is 1. The predicted molar refractivity (Wildman–Crippen MR) is 83.6 cm³/mol. The van der Waals surface area contributed by atoms with Crippen LogP contribution in [0.2, 0.25) is 0 Å². The summed E-state index contributed by atoms with van der Waals surface area (Å²) in [5.41, 5.74) is 1.20. The van der Waals surface area contributed by atoms with Gasteiger partial charge in [0.05, 0.1) is 5.69 Å². The molecule has 0 unspecified atom stereocenters. The van der Waals surface area contributed by atoms with Crippen LogP contribution in [0.25, 0.3) is 0 Å². The molecule has 20 heavy (non-hydrogen) atoms. The number of anilines is 2. The summed E-state index contributed by atoms with van der Waals surface area (Å²) in [7, 11) is 3.73. The van der Waals surface area contributed by atoms with E-state index in [9.17, 15) is 9.90 Å². The maximum atomic E-state index is 11.8. The van der Waals surface area contributed by atoms with Crippen LogP contribution in [0.5, 0.6) is 5.75 Å². The minimum absolute atomic E-state index is 0.0670. The van der Waals surface area contributed by atoms with Crippen molar-refractivity contribution in [3.8, 4) is 5.75 Å². The van der Waals surface area contributed by atoms with Crippen LogP contribution in [0.3, 0.4) is 0 Å². The number of amides is 2. The van der Waals surface area contributed by atoms with E-state index in [0.29, 0.717) is 12.2 Å². The zero-order chi connectivity index (χ0) is 15.0. The number of benzene rings is 1. The van der Waals surface area contributed by atoms with E-state index < -0.39 is 0 Å². The van der Waals surface area contributed by atoms with Gasteiger partial charge < -0.3 is 20.6 Å². The third-order valence-corrected chi connectivity index (χ3v) is 3.06. The van der Waals surface area contributed by atoms with Crippen molar-refractivity contribution < 1.29 is 9.90 Å². The van der Waals surface area contributed by atoms with Crippen molar-refractivity contribution >= 4 is 17.4 Å². The van der Waals surface area contributed by atoms with Crippen LogP contribution in [0.1, 0.15) is 32.6 Å². The summed E-state index contributed by atoms with van der Waals surface area (Å²) in [6.07, 6.45) is 4.46. The minimum Gasteiger partial charge on any atom is -0.506 e. The molecule has 2 amide bonds. The number of hydrogen-bond donors (Lipinski definition) is 3. The Labute approximate surface area is 121 Å². The molecule has 0 aliphatic heterocycles. The Morgan fingerprint density at radius 1 is 1.25 bits per heavy atom. The van der Waals surface area contributed by atoms with Crippen LogP contribution < -0.4 is 15.5 Å². The first-order valence-electron chi connectivity index (χ1n) is 7.10. The Bertz CT molecular complexity index is 433. The lowest BCUT2D eigenvalue weighted by atomic mass is 10.2. The number of phenolic OH excluding ortho intramolecular Hbond substituents is 1. The van der Waals surface area contributed by atoms with Gasteiger partial charge in [-0.3, -0.25) is 0 Å². The Balaban J connectivity index is 2.53. The quantitative estimate of drug-likeness (QED) is 0.530. The summed E-state index contributed by atoms with van der Waals surface area (Å²) < 4.78 is 0. The van der Waals surface area contributed by atoms with E-state index in [1.807, 2.05) is 25.1 Å². The SMILES string of the molecule is CCCCCCNC(=O)Nc1c(O)cccc1N(C)C. The van der Waals surface area contributed by atoms with Gasteiger partial charge in [-0.1, -0.05) is 32.3 Å². The number of nitrogens with one attached hydrogen (secondary N) is 2. The third kappa shape index (κ3) is 4.99. The lowest BCUT2D eigenvalue weighted by Crippen LogP contribution is -2.30. The van der Waals surface area contributed by atoms with Gasteiger partial charge in [0.2, 0.25) is 0 Å². The smallest absolute Gasteiger partial charge is 0.319 e. The van der Waals surface area contributed by atoms with E-state index in [-0.39, 0.29) is 11.8 Å². The summed E-state index contributed by atoms with van der Waals surface area (Å²) in [4.78, 5) is 13.7. The van der Waals surface area contributed by atoms with Gasteiger partial charge in [-0.2, -0.15) is 0 Å². The second kappa shape index (κ2) is 8.30. The largest absolute Gasteiger partial charge is 0.506 e. The molecule has 0 aromatic heterocycles. The standard InChI is InChI=1S/C15H25N3O2/c1-4-5-6-7-11-16-15(20)17-14-12(18(2)3)9-8-10-13(14)19/h8-10,19H,4-7,11H2,1-3H3,(H2,16,17,20). The van der Waals surface area contributed by atoms with Crippen molar-refractivity contribution in [1.29, 1.82) is 0 Å². The van der Waals surface area contributed by atoms with E-state index >= 15 is 0 Å². The Hall–Kier alpha value is -1.91. The maximum Gasteiger partial charge on any atom is 0.319 e. The molecule has 1 aromatic carbocycles. The number of para-hydroxylation sites is 1. The molecule has 0 aliphatic carbocycles. The molecule has 0 spiro atoms. The molecule has 0 aliphatic rings. The molecule has 0 radical (unpaired) electrons. The molecule has 112 valence electrons. The van der Waals surface area contributed by atoms with Gasteiger partial charge in [-0.25, -0.2) is 4.79 Å². The molecule has 0 bridgehead atoms. The van der Waals surface area contributed by atoms with Gasteiger partial charge in [-0.15, -0.1) is 0 Å². The molecule has 0 heterocycles. The number of carbonyl (C=O) groups is 1. The number of nitrogens with zero attached hydrogens (tertiary/aromatic N) is 1. The number of unbranched alkanes of at least 4 members (excludes halogenated alkanes) is 3. The molecular weight excluding hydrogens is 254 g/mol. The third-order valence-electron chi connectivity index (χ3n) is 3.06. The van der Waals surface area contributed by atoms with E-state index in [1.165, 1.54) is 12.8 Å². The van der Waals surface area contributed by atoms with Crippen molar-refractivity contribution in [1.82, 2.24) is 5.32 Å². The first-order valence-corrected chi connectivity index (χ1v) is 7.10. The van der Waals surface area contributed by atoms with Crippen molar-refractivity contribution in [2.45, 2.75) is 32.6 Å². The lowest BCUT2D eigenvalue weighted by Gasteiger charge is -2.19. The van der Waals surface area contributed by atoms with Crippen LogP contribution >= 0.6 is 0 Å². The van der Waals surface area contributed by atoms with Gasteiger partial charge in [0.25, 0.3) is 0 Å². The number of rotatable bonds is 7. The zero-order valence-corrected chi connectivity index (χ0v) is 12.6. The van der Waals surface area contributed by atoms with Crippen LogP contribution in [0, 0.1) is 0 Å². The molecule has 1 aromatic rings.